The van der Waals surface area contributed by atoms with Crippen LogP contribution in [0, 0.1) is 0 Å². The summed E-state index contributed by atoms with van der Waals surface area (Å²) in [5.74, 6) is -0.970. The van der Waals surface area contributed by atoms with Gasteiger partial charge < -0.3 is 15.2 Å². The minimum atomic E-state index is -0.941. The third-order valence-corrected chi connectivity index (χ3v) is 3.77. The first-order valence-electron chi connectivity index (χ1n) is 8.08. The Balaban J connectivity index is 1.95. The van der Waals surface area contributed by atoms with E-state index in [0.717, 1.165) is 5.56 Å². The third-order valence-electron chi connectivity index (χ3n) is 3.77. The maximum absolute atomic E-state index is 12.2. The summed E-state index contributed by atoms with van der Waals surface area (Å²) in [4.78, 5) is 24.2. The zero-order valence-electron chi connectivity index (χ0n) is 14.9. The van der Waals surface area contributed by atoms with Crippen LogP contribution in [-0.4, -0.2) is 23.1 Å². The fourth-order valence-corrected chi connectivity index (χ4v) is 2.18. The number of carbonyl (C=O) groups is 2. The summed E-state index contributed by atoms with van der Waals surface area (Å²) in [5, 5.41) is 12.0. The molecule has 1 amide bonds. The number of anilines is 1. The normalized spacial score (nSPS) is 12.3. The van der Waals surface area contributed by atoms with Crippen molar-refractivity contribution in [2.75, 3.05) is 5.32 Å². The topological polar surface area (TPSA) is 75.6 Å². The molecule has 0 saturated carbocycles. The van der Waals surface area contributed by atoms with Crippen LogP contribution >= 0.6 is 0 Å². The Morgan fingerprint density at radius 2 is 1.56 bits per heavy atom. The van der Waals surface area contributed by atoms with Gasteiger partial charge in [-0.25, -0.2) is 4.79 Å². The summed E-state index contributed by atoms with van der Waals surface area (Å²) < 4.78 is 5.16. The molecule has 0 bridgehead atoms. The van der Waals surface area contributed by atoms with Crippen LogP contribution in [0.3, 0.4) is 0 Å². The number of nitrogens with one attached hydrogen (secondary N) is 1. The molecular formula is C20H23NO4. The van der Waals surface area contributed by atoms with Gasteiger partial charge in [0.1, 0.15) is 5.75 Å². The maximum atomic E-state index is 12.2. The van der Waals surface area contributed by atoms with Gasteiger partial charge in [0.2, 0.25) is 0 Å². The van der Waals surface area contributed by atoms with E-state index in [2.05, 4.69) is 26.1 Å². The van der Waals surface area contributed by atoms with Gasteiger partial charge in [0.15, 0.2) is 6.10 Å². The van der Waals surface area contributed by atoms with Crippen molar-refractivity contribution in [3.8, 4) is 5.75 Å². The monoisotopic (exact) mass is 341 g/mol. The van der Waals surface area contributed by atoms with Crippen molar-refractivity contribution < 1.29 is 19.4 Å². The molecular weight excluding hydrogens is 318 g/mol. The summed E-state index contributed by atoms with van der Waals surface area (Å²) in [7, 11) is 0. The second-order valence-electron chi connectivity index (χ2n) is 6.91. The van der Waals surface area contributed by atoms with Gasteiger partial charge in [0.05, 0.1) is 5.56 Å². The Kier molecular flexibility index (Phi) is 5.47. The van der Waals surface area contributed by atoms with Crippen LogP contribution in [0.1, 0.15) is 43.6 Å². The molecule has 5 heteroatoms. The SMILES string of the molecule is CC(OC(=O)c1ccc(O)cc1)C(=O)Nc1ccc(C(C)(C)C)cc1. The van der Waals surface area contributed by atoms with E-state index < -0.39 is 18.0 Å². The Labute approximate surface area is 147 Å². The number of carbonyl (C=O) groups excluding carboxylic acids is 2. The number of hydrogen-bond acceptors (Lipinski definition) is 4. The van der Waals surface area contributed by atoms with E-state index in [1.165, 1.54) is 31.2 Å². The number of esters is 1. The summed E-state index contributed by atoms with van der Waals surface area (Å²) in [6.07, 6.45) is -0.941. The summed E-state index contributed by atoms with van der Waals surface area (Å²) in [6.45, 7) is 7.86. The van der Waals surface area contributed by atoms with E-state index in [1.807, 2.05) is 24.3 Å². The first-order chi connectivity index (χ1) is 11.7. The molecule has 2 N–H and O–H groups in total. The van der Waals surface area contributed by atoms with Crippen molar-refractivity contribution in [3.63, 3.8) is 0 Å². The zero-order chi connectivity index (χ0) is 18.6. The fourth-order valence-electron chi connectivity index (χ4n) is 2.18. The molecule has 0 aromatic heterocycles. The number of benzene rings is 2. The number of ether oxygens (including phenoxy) is 1. The summed E-state index contributed by atoms with van der Waals surface area (Å²) >= 11 is 0. The number of phenolic OH excluding ortho intramolecular Hbond substituents is 1. The smallest absolute Gasteiger partial charge is 0.338 e. The standard InChI is InChI=1S/C20H23NO4/c1-13(25-19(24)14-5-11-17(22)12-6-14)18(23)21-16-9-7-15(8-10-16)20(2,3)4/h5-13,22H,1-4H3,(H,21,23). The van der Waals surface area contributed by atoms with Crippen molar-refractivity contribution in [1.29, 1.82) is 0 Å². The number of rotatable bonds is 4. The largest absolute Gasteiger partial charge is 0.508 e. The number of hydrogen-bond donors (Lipinski definition) is 2. The molecule has 132 valence electrons. The molecule has 0 spiro atoms. The Hall–Kier alpha value is -2.82. The van der Waals surface area contributed by atoms with Crippen molar-refractivity contribution >= 4 is 17.6 Å². The number of amides is 1. The average Bonchev–Trinajstić information content (AvgIpc) is 2.55. The highest BCUT2D eigenvalue weighted by Crippen LogP contribution is 2.23. The molecule has 0 heterocycles. The predicted octanol–water partition coefficient (Wildman–Crippen LogP) is 3.87. The van der Waals surface area contributed by atoms with E-state index in [0.29, 0.717) is 5.69 Å². The summed E-state index contributed by atoms with van der Waals surface area (Å²) in [6, 6.07) is 13.2. The highest BCUT2D eigenvalue weighted by molar-refractivity contribution is 5.97. The number of phenols is 1. The lowest BCUT2D eigenvalue weighted by molar-refractivity contribution is -0.123. The predicted molar refractivity (Wildman–Crippen MR) is 96.8 cm³/mol. The molecule has 0 aliphatic heterocycles. The maximum Gasteiger partial charge on any atom is 0.338 e. The lowest BCUT2D eigenvalue weighted by Crippen LogP contribution is -2.30. The molecule has 0 aliphatic carbocycles. The van der Waals surface area contributed by atoms with E-state index in [9.17, 15) is 14.7 Å². The highest BCUT2D eigenvalue weighted by atomic mass is 16.5. The van der Waals surface area contributed by atoms with Crippen LogP contribution in [0.15, 0.2) is 48.5 Å². The van der Waals surface area contributed by atoms with Gasteiger partial charge in [-0.3, -0.25) is 4.79 Å². The quantitative estimate of drug-likeness (QED) is 0.828. The Bertz CT molecular complexity index is 743. The van der Waals surface area contributed by atoms with Crippen LogP contribution in [0.5, 0.6) is 5.75 Å². The Morgan fingerprint density at radius 3 is 2.08 bits per heavy atom. The summed E-state index contributed by atoms with van der Waals surface area (Å²) in [5.41, 5.74) is 2.12. The van der Waals surface area contributed by atoms with Gasteiger partial charge in [-0.2, -0.15) is 0 Å². The molecule has 5 nitrogen and oxygen atoms in total. The molecule has 2 aromatic carbocycles. The van der Waals surface area contributed by atoms with Crippen LogP contribution in [0.25, 0.3) is 0 Å². The van der Waals surface area contributed by atoms with Gasteiger partial charge in [-0.15, -0.1) is 0 Å². The van der Waals surface area contributed by atoms with Crippen molar-refractivity contribution in [1.82, 2.24) is 0 Å². The number of aromatic hydroxyl groups is 1. The van der Waals surface area contributed by atoms with Gasteiger partial charge >= 0.3 is 5.97 Å². The fraction of sp³-hybridized carbons (Fsp3) is 0.300. The van der Waals surface area contributed by atoms with Crippen LogP contribution in [0.4, 0.5) is 5.69 Å². The first kappa shape index (κ1) is 18.5. The lowest BCUT2D eigenvalue weighted by atomic mass is 9.87. The molecule has 0 saturated heterocycles. The van der Waals surface area contributed by atoms with Gasteiger partial charge in [0.25, 0.3) is 5.91 Å². The second-order valence-corrected chi connectivity index (χ2v) is 6.91. The molecule has 2 rings (SSSR count). The van der Waals surface area contributed by atoms with Crippen molar-refractivity contribution in [2.45, 2.75) is 39.2 Å². The second kappa shape index (κ2) is 7.38. The molecule has 25 heavy (non-hydrogen) atoms. The van der Waals surface area contributed by atoms with Crippen LogP contribution in [-0.2, 0) is 14.9 Å². The highest BCUT2D eigenvalue weighted by Gasteiger charge is 2.19. The van der Waals surface area contributed by atoms with Crippen molar-refractivity contribution in [2.24, 2.45) is 0 Å². The van der Waals surface area contributed by atoms with Gasteiger partial charge in [0, 0.05) is 5.69 Å². The molecule has 1 atom stereocenters. The zero-order valence-corrected chi connectivity index (χ0v) is 14.9. The molecule has 1 unspecified atom stereocenters. The van der Waals surface area contributed by atoms with Crippen LogP contribution < -0.4 is 5.32 Å². The Morgan fingerprint density at radius 1 is 1.00 bits per heavy atom. The van der Waals surface area contributed by atoms with E-state index in [-0.39, 0.29) is 16.7 Å². The lowest BCUT2D eigenvalue weighted by Gasteiger charge is -2.19. The third kappa shape index (κ3) is 5.08. The van der Waals surface area contributed by atoms with E-state index >= 15 is 0 Å². The van der Waals surface area contributed by atoms with Crippen LogP contribution in [0.2, 0.25) is 0 Å². The molecule has 0 fully saturated rings. The van der Waals surface area contributed by atoms with E-state index in [1.54, 1.807) is 0 Å². The average molecular weight is 341 g/mol. The molecule has 0 radical (unpaired) electrons. The minimum absolute atomic E-state index is 0.0372. The van der Waals surface area contributed by atoms with Gasteiger partial charge in [-0.1, -0.05) is 32.9 Å². The molecule has 2 aromatic rings. The van der Waals surface area contributed by atoms with Crippen molar-refractivity contribution in [3.05, 3.63) is 59.7 Å². The molecule has 0 aliphatic rings. The van der Waals surface area contributed by atoms with Gasteiger partial charge in [-0.05, 0) is 54.3 Å². The minimum Gasteiger partial charge on any atom is -0.508 e. The van der Waals surface area contributed by atoms with E-state index in [4.69, 9.17) is 4.74 Å². The first-order valence-corrected chi connectivity index (χ1v) is 8.08.